The van der Waals surface area contributed by atoms with Gasteiger partial charge in [0.25, 0.3) is 0 Å². The average Bonchev–Trinajstić information content (AvgIpc) is 3.65. The molecule has 0 bridgehead atoms. The Balaban J connectivity index is 0.879. The molecule has 1 spiro atoms. The second-order valence-electron chi connectivity index (χ2n) is 18.2. The quantitative estimate of drug-likeness (QED) is 0.171. The Morgan fingerprint density at radius 3 is 2.33 bits per heavy atom. The van der Waals surface area contributed by atoms with Gasteiger partial charge in [0.2, 0.25) is 0 Å². The molecule has 4 aliphatic carbocycles. The monoisotopic (exact) mass is 752 g/mol. The van der Waals surface area contributed by atoms with E-state index >= 15 is 0 Å². The second kappa shape index (κ2) is 15.6. The summed E-state index contributed by atoms with van der Waals surface area (Å²) >= 11 is 0. The number of esters is 1. The highest BCUT2D eigenvalue weighted by Gasteiger charge is 2.61. The van der Waals surface area contributed by atoms with Crippen molar-refractivity contribution in [1.29, 1.82) is 0 Å². The van der Waals surface area contributed by atoms with Crippen molar-refractivity contribution in [3.63, 3.8) is 0 Å². The van der Waals surface area contributed by atoms with Crippen molar-refractivity contribution in [3.05, 3.63) is 82.9 Å². The number of ether oxygens (including phenoxy) is 4. The fourth-order valence-corrected chi connectivity index (χ4v) is 12.3. The van der Waals surface area contributed by atoms with E-state index in [0.717, 1.165) is 56.1 Å². The Kier molecular flexibility index (Phi) is 10.8. The Morgan fingerprint density at radius 1 is 0.891 bits per heavy atom. The van der Waals surface area contributed by atoms with Crippen molar-refractivity contribution in [2.24, 2.45) is 40.9 Å². The highest BCUT2D eigenvalue weighted by molar-refractivity contribution is 5.78. The van der Waals surface area contributed by atoms with E-state index in [1.807, 2.05) is 65.6 Å². The van der Waals surface area contributed by atoms with Crippen molar-refractivity contribution < 1.29 is 33.3 Å². The van der Waals surface area contributed by atoms with Gasteiger partial charge in [0.05, 0.1) is 17.7 Å². The molecule has 3 saturated carbocycles. The summed E-state index contributed by atoms with van der Waals surface area (Å²) in [4.78, 5) is 40.6. The number of nitrogens with one attached hydrogen (secondary N) is 1. The number of allylic oxidation sites excluding steroid dienone is 1. The van der Waals surface area contributed by atoms with Gasteiger partial charge in [-0.3, -0.25) is 4.79 Å². The maximum atomic E-state index is 13.7. The van der Waals surface area contributed by atoms with Crippen LogP contribution < -0.4 is 5.32 Å². The number of hydrogen-bond donors (Lipinski definition) is 1. The lowest BCUT2D eigenvalue weighted by Crippen LogP contribution is -2.54. The lowest BCUT2D eigenvalue weighted by Gasteiger charge is -2.54. The molecule has 2 amide bonds. The second-order valence-corrected chi connectivity index (χ2v) is 18.2. The fourth-order valence-electron chi connectivity index (χ4n) is 12.3. The van der Waals surface area contributed by atoms with Gasteiger partial charge in [-0.25, -0.2) is 9.59 Å². The average molecular weight is 753 g/mol. The predicted molar refractivity (Wildman–Crippen MR) is 208 cm³/mol. The third kappa shape index (κ3) is 7.54. The molecule has 2 heterocycles. The van der Waals surface area contributed by atoms with Crippen LogP contribution in [0.4, 0.5) is 9.59 Å². The van der Waals surface area contributed by atoms with E-state index in [1.165, 1.54) is 24.8 Å². The van der Waals surface area contributed by atoms with Crippen molar-refractivity contribution in [2.45, 2.75) is 129 Å². The molecule has 9 heteroatoms. The number of piperidine rings is 1. The molecule has 2 aliphatic heterocycles. The topological polar surface area (TPSA) is 103 Å². The molecule has 6 aliphatic rings. The normalized spacial score (nSPS) is 36.5. The molecule has 9 nitrogen and oxygen atoms in total. The molecule has 8 rings (SSSR count). The molecule has 5 fully saturated rings. The first kappa shape index (κ1) is 38.0. The lowest BCUT2D eigenvalue weighted by atomic mass is 9.52. The summed E-state index contributed by atoms with van der Waals surface area (Å²) in [6.45, 7) is 10.4. The number of benzene rings is 2. The predicted octanol–water partition coefficient (Wildman–Crippen LogP) is 9.00. The van der Waals surface area contributed by atoms with Gasteiger partial charge >= 0.3 is 18.2 Å². The van der Waals surface area contributed by atoms with E-state index in [-0.39, 0.29) is 61.0 Å². The Hall–Kier alpha value is -3.85. The molecule has 2 aromatic rings. The van der Waals surface area contributed by atoms with Gasteiger partial charge < -0.3 is 29.2 Å². The standard InChI is InChI=1S/C46H60N2O7/c1-29-21-40-42(48(26-29)44(51)53-28-33-13-9-6-10-14-33)31(3)46(55-40)20-18-36-37-16-15-34-22-35(17-19-45(34,4)39(37)23-38(36)30(2)24-46)54-41(49)25-47-43(50)52-27-32-11-7-5-8-12-32/h5-14,29,31,34-37,39-40,42H,15-28H2,1-4H3,(H,47,50)/t29-,31+,34+,35+,36-,37-,39-,40+,42-,45-,46-/m0/s1. The molecule has 2 aromatic carbocycles. The Morgan fingerprint density at radius 2 is 1.60 bits per heavy atom. The van der Waals surface area contributed by atoms with Gasteiger partial charge in [0.1, 0.15) is 25.9 Å². The summed E-state index contributed by atoms with van der Waals surface area (Å²) in [5.74, 6) is 2.62. The molecule has 0 radical (unpaired) electrons. The zero-order valence-corrected chi connectivity index (χ0v) is 33.2. The molecule has 11 atom stereocenters. The third-order valence-corrected chi connectivity index (χ3v) is 15.0. The van der Waals surface area contributed by atoms with Crippen LogP contribution in [0.2, 0.25) is 0 Å². The first-order chi connectivity index (χ1) is 26.5. The molecular weight excluding hydrogens is 693 g/mol. The van der Waals surface area contributed by atoms with Crippen LogP contribution in [0, 0.1) is 40.9 Å². The smallest absolute Gasteiger partial charge is 0.410 e. The highest BCUT2D eigenvalue weighted by Crippen LogP contribution is 2.65. The van der Waals surface area contributed by atoms with Crippen LogP contribution in [0.5, 0.6) is 0 Å². The lowest BCUT2D eigenvalue weighted by molar-refractivity contribution is -0.155. The van der Waals surface area contributed by atoms with Crippen LogP contribution in [-0.2, 0) is 37.0 Å². The minimum absolute atomic E-state index is 0.0332. The van der Waals surface area contributed by atoms with Gasteiger partial charge in [0.15, 0.2) is 0 Å². The Bertz CT molecular complexity index is 1750. The summed E-state index contributed by atoms with van der Waals surface area (Å²) in [6, 6.07) is 19.4. The summed E-state index contributed by atoms with van der Waals surface area (Å²) < 4.78 is 24.3. The van der Waals surface area contributed by atoms with Gasteiger partial charge in [-0.05, 0) is 117 Å². The minimum atomic E-state index is -0.618. The van der Waals surface area contributed by atoms with Crippen LogP contribution in [0.25, 0.3) is 0 Å². The summed E-state index contributed by atoms with van der Waals surface area (Å²) in [5.41, 5.74) is 5.07. The first-order valence-electron chi connectivity index (χ1n) is 21.0. The van der Waals surface area contributed by atoms with Crippen molar-refractivity contribution in [1.82, 2.24) is 10.2 Å². The van der Waals surface area contributed by atoms with Crippen LogP contribution >= 0.6 is 0 Å². The molecule has 2 saturated heterocycles. The van der Waals surface area contributed by atoms with E-state index in [0.29, 0.717) is 36.1 Å². The van der Waals surface area contributed by atoms with E-state index in [9.17, 15) is 14.4 Å². The maximum Gasteiger partial charge on any atom is 0.410 e. The van der Waals surface area contributed by atoms with Crippen LogP contribution in [0.1, 0.15) is 103 Å². The number of hydrogen-bond acceptors (Lipinski definition) is 7. The summed E-state index contributed by atoms with van der Waals surface area (Å²) in [7, 11) is 0. The largest absolute Gasteiger partial charge is 0.461 e. The SMILES string of the molecule is CC1=C2C[C@H]3[C@@H](CC[C@@H]4C[C@H](OC(=O)CNC(=O)OCc5ccccc5)CC[C@@]43C)[C@@H]2CC[C@@]2(C1)O[C@@H]1C[C@H](C)CN(C(=O)OCc3ccccc3)[C@H]1[C@H]2C. The zero-order chi connectivity index (χ0) is 38.3. The maximum absolute atomic E-state index is 13.7. The third-order valence-electron chi connectivity index (χ3n) is 15.0. The number of fused-ring (bicyclic) bond motifs is 6. The summed E-state index contributed by atoms with van der Waals surface area (Å²) in [5, 5.41) is 2.56. The fraction of sp³-hybridized carbons (Fsp3) is 0.630. The highest BCUT2D eigenvalue weighted by atomic mass is 16.6. The molecule has 296 valence electrons. The molecule has 0 aromatic heterocycles. The van der Waals surface area contributed by atoms with Crippen LogP contribution in [0.15, 0.2) is 71.8 Å². The number of likely N-dealkylation sites (tertiary alicyclic amines) is 1. The molecule has 1 N–H and O–H groups in total. The van der Waals surface area contributed by atoms with E-state index < -0.39 is 12.1 Å². The van der Waals surface area contributed by atoms with Crippen LogP contribution in [-0.4, -0.2) is 60.0 Å². The van der Waals surface area contributed by atoms with Crippen molar-refractivity contribution in [2.75, 3.05) is 13.1 Å². The van der Waals surface area contributed by atoms with Crippen LogP contribution in [0.3, 0.4) is 0 Å². The number of carbonyl (C=O) groups is 3. The molecule has 0 unspecified atom stereocenters. The van der Waals surface area contributed by atoms with Crippen molar-refractivity contribution >= 4 is 18.2 Å². The van der Waals surface area contributed by atoms with Crippen molar-refractivity contribution in [3.8, 4) is 0 Å². The van der Waals surface area contributed by atoms with Gasteiger partial charge in [0, 0.05) is 12.5 Å². The minimum Gasteiger partial charge on any atom is -0.461 e. The molecular formula is C46H60N2O7. The van der Waals surface area contributed by atoms with E-state index in [1.54, 1.807) is 5.57 Å². The number of rotatable bonds is 7. The number of carbonyl (C=O) groups excluding carboxylic acids is 3. The zero-order valence-electron chi connectivity index (χ0n) is 33.2. The van der Waals surface area contributed by atoms with Gasteiger partial charge in [-0.1, -0.05) is 92.6 Å². The van der Waals surface area contributed by atoms with E-state index in [4.69, 9.17) is 18.9 Å². The van der Waals surface area contributed by atoms with Gasteiger partial charge in [-0.15, -0.1) is 0 Å². The summed E-state index contributed by atoms with van der Waals surface area (Å²) in [6.07, 6.45) is 9.56. The number of alkyl carbamates (subject to hydrolysis) is 1. The number of nitrogens with zero attached hydrogens (tertiary/aromatic N) is 1. The number of amides is 2. The Labute approximate surface area is 326 Å². The van der Waals surface area contributed by atoms with E-state index in [2.05, 4.69) is 33.0 Å². The van der Waals surface area contributed by atoms with Gasteiger partial charge in [-0.2, -0.15) is 0 Å². The molecule has 55 heavy (non-hydrogen) atoms. The first-order valence-corrected chi connectivity index (χ1v) is 21.0.